The van der Waals surface area contributed by atoms with Gasteiger partial charge in [-0.25, -0.2) is 0 Å². The second-order valence-electron chi connectivity index (χ2n) is 4.26. The predicted molar refractivity (Wildman–Crippen MR) is 79.9 cm³/mol. The Labute approximate surface area is 118 Å². The highest BCUT2D eigenvalue weighted by Crippen LogP contribution is 2.11. The van der Waals surface area contributed by atoms with Crippen LogP contribution in [0.25, 0.3) is 0 Å². The van der Waals surface area contributed by atoms with Crippen molar-refractivity contribution in [3.05, 3.63) is 59.7 Å². The summed E-state index contributed by atoms with van der Waals surface area (Å²) in [6.07, 6.45) is 1.73. The van der Waals surface area contributed by atoms with Crippen LogP contribution in [0.2, 0.25) is 0 Å². The van der Waals surface area contributed by atoms with E-state index in [0.29, 0.717) is 5.75 Å². The maximum atomic E-state index is 8.42. The van der Waals surface area contributed by atoms with Gasteiger partial charge in [0.05, 0.1) is 11.9 Å². The number of ether oxygens (including phenoxy) is 1. The first-order valence-electron chi connectivity index (χ1n) is 6.23. The highest BCUT2D eigenvalue weighted by Gasteiger charge is 1.93. The normalized spacial score (nSPS) is 10.2. The van der Waals surface area contributed by atoms with Gasteiger partial charge in [-0.05, 0) is 54.4 Å². The summed E-state index contributed by atoms with van der Waals surface area (Å²) in [4.78, 5) is 0. The number of hydrogen-bond donors (Lipinski definition) is 1. The largest absolute Gasteiger partial charge is 0.479 e. The second kappa shape index (κ2) is 6.95. The number of nitriles is 1. The van der Waals surface area contributed by atoms with E-state index in [1.54, 1.807) is 6.21 Å². The topological polar surface area (TPSA) is 57.4 Å². The molecule has 0 atom stereocenters. The molecule has 2 rings (SSSR count). The van der Waals surface area contributed by atoms with E-state index in [-0.39, 0.29) is 6.61 Å². The van der Waals surface area contributed by atoms with E-state index < -0.39 is 0 Å². The van der Waals surface area contributed by atoms with E-state index in [1.807, 2.05) is 61.5 Å². The van der Waals surface area contributed by atoms with Crippen LogP contribution in [0, 0.1) is 18.3 Å². The summed E-state index contributed by atoms with van der Waals surface area (Å²) in [5, 5.41) is 12.6. The fraction of sp³-hybridized carbons (Fsp3) is 0.125. The molecule has 0 fully saturated rings. The molecule has 4 nitrogen and oxygen atoms in total. The molecule has 0 spiro atoms. The number of anilines is 1. The lowest BCUT2D eigenvalue weighted by Crippen LogP contribution is -1.94. The van der Waals surface area contributed by atoms with Gasteiger partial charge >= 0.3 is 0 Å². The van der Waals surface area contributed by atoms with Gasteiger partial charge in [-0.2, -0.15) is 10.4 Å². The van der Waals surface area contributed by atoms with Crippen LogP contribution in [0.4, 0.5) is 5.69 Å². The predicted octanol–water partition coefficient (Wildman–Crippen LogP) is 3.34. The summed E-state index contributed by atoms with van der Waals surface area (Å²) in [6, 6.07) is 17.3. The average Bonchev–Trinajstić information content (AvgIpc) is 2.46. The Kier molecular flexibility index (Phi) is 4.74. The lowest BCUT2D eigenvalue weighted by atomic mass is 10.2. The number of rotatable bonds is 5. The molecular formula is C16H15N3O. The molecule has 20 heavy (non-hydrogen) atoms. The first kappa shape index (κ1) is 13.6. The third kappa shape index (κ3) is 4.14. The summed E-state index contributed by atoms with van der Waals surface area (Å²) in [5.41, 5.74) is 6.07. The number of hydrazone groups is 1. The maximum absolute atomic E-state index is 8.42. The molecule has 0 bridgehead atoms. The lowest BCUT2D eigenvalue weighted by molar-refractivity contribution is 0.368. The monoisotopic (exact) mass is 265 g/mol. The number of benzene rings is 2. The molecular weight excluding hydrogens is 250 g/mol. The maximum Gasteiger partial charge on any atom is 0.174 e. The molecule has 0 amide bonds. The molecule has 0 saturated heterocycles. The van der Waals surface area contributed by atoms with Crippen molar-refractivity contribution in [2.24, 2.45) is 5.10 Å². The summed E-state index contributed by atoms with van der Waals surface area (Å²) in [6.45, 7) is 2.09. The third-order valence-electron chi connectivity index (χ3n) is 2.61. The summed E-state index contributed by atoms with van der Waals surface area (Å²) in [5.74, 6) is 0.676. The van der Waals surface area contributed by atoms with Crippen molar-refractivity contribution in [1.29, 1.82) is 5.26 Å². The molecule has 0 saturated carbocycles. The minimum Gasteiger partial charge on any atom is -0.479 e. The van der Waals surface area contributed by atoms with Crippen LogP contribution < -0.4 is 10.2 Å². The van der Waals surface area contributed by atoms with Crippen molar-refractivity contribution in [3.63, 3.8) is 0 Å². The Morgan fingerprint density at radius 1 is 1.25 bits per heavy atom. The molecule has 2 aromatic rings. The summed E-state index contributed by atoms with van der Waals surface area (Å²) >= 11 is 0. The summed E-state index contributed by atoms with van der Waals surface area (Å²) in [7, 11) is 0. The Balaban J connectivity index is 1.93. The van der Waals surface area contributed by atoms with Gasteiger partial charge in [0.1, 0.15) is 11.8 Å². The molecule has 0 radical (unpaired) electrons. The molecule has 0 aliphatic rings. The fourth-order valence-electron chi connectivity index (χ4n) is 1.66. The van der Waals surface area contributed by atoms with Gasteiger partial charge in [-0.15, -0.1) is 0 Å². The third-order valence-corrected chi connectivity index (χ3v) is 2.61. The minimum atomic E-state index is 0.0579. The Hall–Kier alpha value is -2.80. The minimum absolute atomic E-state index is 0.0579. The fourth-order valence-corrected chi connectivity index (χ4v) is 1.66. The highest BCUT2D eigenvalue weighted by atomic mass is 16.5. The van der Waals surface area contributed by atoms with Crippen molar-refractivity contribution in [3.8, 4) is 11.8 Å². The summed E-state index contributed by atoms with van der Waals surface area (Å²) < 4.78 is 5.18. The van der Waals surface area contributed by atoms with Crippen molar-refractivity contribution in [2.75, 3.05) is 12.0 Å². The Morgan fingerprint density at radius 2 is 2.05 bits per heavy atom. The molecule has 0 aliphatic heterocycles. The van der Waals surface area contributed by atoms with Gasteiger partial charge in [-0.3, -0.25) is 5.43 Å². The van der Waals surface area contributed by atoms with Crippen LogP contribution >= 0.6 is 0 Å². The van der Waals surface area contributed by atoms with E-state index in [1.165, 1.54) is 5.56 Å². The smallest absolute Gasteiger partial charge is 0.174 e. The van der Waals surface area contributed by atoms with Crippen LogP contribution in [0.1, 0.15) is 11.1 Å². The number of aryl methyl sites for hydroxylation is 1. The van der Waals surface area contributed by atoms with Crippen LogP contribution in [0.5, 0.6) is 5.75 Å². The zero-order valence-corrected chi connectivity index (χ0v) is 11.2. The molecule has 4 heteroatoms. The zero-order valence-electron chi connectivity index (χ0n) is 11.2. The van der Waals surface area contributed by atoms with E-state index >= 15 is 0 Å². The van der Waals surface area contributed by atoms with Crippen molar-refractivity contribution in [1.82, 2.24) is 0 Å². The SMILES string of the molecule is Cc1cccc(N/N=C\c2ccc(OCC#N)cc2)c1. The number of hydrogen-bond acceptors (Lipinski definition) is 4. The molecule has 2 aromatic carbocycles. The van der Waals surface area contributed by atoms with Gasteiger partial charge < -0.3 is 4.74 Å². The van der Waals surface area contributed by atoms with E-state index in [9.17, 15) is 0 Å². The van der Waals surface area contributed by atoms with Gasteiger partial charge in [0.15, 0.2) is 6.61 Å². The molecule has 100 valence electrons. The molecule has 0 heterocycles. The molecule has 0 unspecified atom stereocenters. The van der Waals surface area contributed by atoms with E-state index in [0.717, 1.165) is 11.3 Å². The van der Waals surface area contributed by atoms with Gasteiger partial charge in [0, 0.05) is 0 Å². The standard InChI is InChI=1S/C16H15N3O/c1-13-3-2-4-15(11-13)19-18-12-14-5-7-16(8-6-14)20-10-9-17/h2-8,11-12,19H,10H2,1H3/b18-12-. The number of nitrogens with one attached hydrogen (secondary N) is 1. The van der Waals surface area contributed by atoms with Gasteiger partial charge in [-0.1, -0.05) is 12.1 Å². The lowest BCUT2D eigenvalue weighted by Gasteiger charge is -2.02. The zero-order chi connectivity index (χ0) is 14.2. The van der Waals surface area contributed by atoms with Crippen molar-refractivity contribution < 1.29 is 4.74 Å². The van der Waals surface area contributed by atoms with Crippen LogP contribution in [-0.2, 0) is 0 Å². The molecule has 0 aliphatic carbocycles. The van der Waals surface area contributed by atoms with Gasteiger partial charge in [0.25, 0.3) is 0 Å². The quantitative estimate of drug-likeness (QED) is 0.666. The van der Waals surface area contributed by atoms with Crippen LogP contribution in [0.3, 0.4) is 0 Å². The van der Waals surface area contributed by atoms with E-state index in [4.69, 9.17) is 10.00 Å². The average molecular weight is 265 g/mol. The van der Waals surface area contributed by atoms with Crippen molar-refractivity contribution in [2.45, 2.75) is 6.92 Å². The Morgan fingerprint density at radius 3 is 2.75 bits per heavy atom. The molecule has 0 aromatic heterocycles. The van der Waals surface area contributed by atoms with Crippen molar-refractivity contribution >= 4 is 11.9 Å². The second-order valence-corrected chi connectivity index (χ2v) is 4.26. The van der Waals surface area contributed by atoms with E-state index in [2.05, 4.69) is 10.5 Å². The van der Waals surface area contributed by atoms with Crippen LogP contribution in [-0.4, -0.2) is 12.8 Å². The number of nitrogens with zero attached hydrogens (tertiary/aromatic N) is 2. The van der Waals surface area contributed by atoms with Crippen LogP contribution in [0.15, 0.2) is 53.6 Å². The first-order valence-corrected chi connectivity index (χ1v) is 6.23. The first-order chi connectivity index (χ1) is 9.78. The Bertz CT molecular complexity index is 627. The highest BCUT2D eigenvalue weighted by molar-refractivity contribution is 5.80. The van der Waals surface area contributed by atoms with Gasteiger partial charge in [0.2, 0.25) is 0 Å². The molecule has 1 N–H and O–H groups in total.